The van der Waals surface area contributed by atoms with Gasteiger partial charge in [-0.05, 0) is 24.7 Å². The Morgan fingerprint density at radius 3 is 1.81 bits per heavy atom. The van der Waals surface area contributed by atoms with Crippen LogP contribution in [-0.2, 0) is 4.79 Å². The Bertz CT molecular complexity index is 307. The number of hydrogen-bond acceptors (Lipinski definition) is 3. The van der Waals surface area contributed by atoms with Crippen molar-refractivity contribution >= 4 is 12.0 Å². The summed E-state index contributed by atoms with van der Waals surface area (Å²) in [7, 11) is 0. The van der Waals surface area contributed by atoms with Crippen LogP contribution in [0.25, 0.3) is 0 Å². The molecule has 0 heterocycles. The molecular weight excluding hydrogens is 272 g/mol. The van der Waals surface area contributed by atoms with Crippen LogP contribution in [0.5, 0.6) is 0 Å². The first-order valence-electron chi connectivity index (χ1n) is 7.67. The maximum absolute atomic E-state index is 12.2. The van der Waals surface area contributed by atoms with Crippen molar-refractivity contribution in [3.05, 3.63) is 0 Å². The number of carbonyl (C=O) groups excluding carboxylic acids is 1. The monoisotopic (exact) mass is 302 g/mol. The van der Waals surface area contributed by atoms with Crippen LogP contribution in [-0.4, -0.2) is 52.9 Å². The Balaban J connectivity index is 4.62. The third-order valence-electron chi connectivity index (χ3n) is 3.25. The minimum Gasteiger partial charge on any atom is -0.480 e. The van der Waals surface area contributed by atoms with E-state index < -0.39 is 12.0 Å². The molecule has 0 aromatic rings. The summed E-state index contributed by atoms with van der Waals surface area (Å²) >= 11 is 0. The second-order valence-electron chi connectivity index (χ2n) is 6.20. The number of aliphatic carboxylic acids is 1. The third kappa shape index (κ3) is 9.28. The molecule has 0 aliphatic heterocycles. The lowest BCUT2D eigenvalue weighted by atomic mass is 10.1. The van der Waals surface area contributed by atoms with Crippen LogP contribution in [0.15, 0.2) is 0 Å². The van der Waals surface area contributed by atoms with Gasteiger partial charge in [-0.3, -0.25) is 0 Å². The summed E-state index contributed by atoms with van der Waals surface area (Å²) in [5.74, 6) is -0.163. The number of aliphatic hydroxyl groups is 1. The number of aliphatic hydroxyl groups excluding tert-OH is 1. The molecule has 1 atom stereocenters. The maximum Gasteiger partial charge on any atom is 0.326 e. The van der Waals surface area contributed by atoms with Gasteiger partial charge in [0.15, 0.2) is 0 Å². The molecule has 0 spiro atoms. The fraction of sp³-hybridized carbons (Fsp3) is 0.867. The standard InChI is InChI=1S/C15H30N2O4/c1-11(2)5-8-17(9-6-12(3)4)15(21)16-13(7-10-18)14(19)20/h11-13,18H,5-10H2,1-4H3,(H,16,21)(H,19,20). The number of amides is 2. The smallest absolute Gasteiger partial charge is 0.326 e. The second kappa shape index (κ2) is 10.4. The minimum absolute atomic E-state index is 0.0171. The lowest BCUT2D eigenvalue weighted by molar-refractivity contribution is -0.139. The van der Waals surface area contributed by atoms with Gasteiger partial charge in [-0.15, -0.1) is 0 Å². The number of hydrogen-bond donors (Lipinski definition) is 3. The first-order chi connectivity index (χ1) is 9.77. The zero-order valence-electron chi connectivity index (χ0n) is 13.6. The van der Waals surface area contributed by atoms with Gasteiger partial charge >= 0.3 is 12.0 Å². The van der Waals surface area contributed by atoms with Crippen LogP contribution < -0.4 is 5.32 Å². The predicted molar refractivity (Wildman–Crippen MR) is 82.1 cm³/mol. The normalized spacial score (nSPS) is 12.5. The van der Waals surface area contributed by atoms with E-state index in [2.05, 4.69) is 33.0 Å². The van der Waals surface area contributed by atoms with Crippen molar-refractivity contribution in [3.63, 3.8) is 0 Å². The molecule has 0 aromatic carbocycles. The molecule has 3 N–H and O–H groups in total. The fourth-order valence-electron chi connectivity index (χ4n) is 1.77. The van der Waals surface area contributed by atoms with E-state index in [1.54, 1.807) is 4.90 Å². The van der Waals surface area contributed by atoms with E-state index in [0.29, 0.717) is 24.9 Å². The molecule has 0 saturated carbocycles. The zero-order valence-corrected chi connectivity index (χ0v) is 13.6. The average Bonchev–Trinajstić information content (AvgIpc) is 2.37. The van der Waals surface area contributed by atoms with Gasteiger partial charge in [0.1, 0.15) is 6.04 Å². The molecule has 124 valence electrons. The van der Waals surface area contributed by atoms with Gasteiger partial charge in [0, 0.05) is 26.1 Å². The molecule has 0 bridgehead atoms. The van der Waals surface area contributed by atoms with Crippen LogP contribution in [0.3, 0.4) is 0 Å². The fourth-order valence-corrected chi connectivity index (χ4v) is 1.77. The van der Waals surface area contributed by atoms with Crippen LogP contribution in [0.1, 0.15) is 47.0 Å². The van der Waals surface area contributed by atoms with E-state index in [4.69, 9.17) is 10.2 Å². The highest BCUT2D eigenvalue weighted by Gasteiger charge is 2.22. The number of carboxylic acid groups (broad SMARTS) is 1. The molecule has 0 radical (unpaired) electrons. The van der Waals surface area contributed by atoms with Crippen molar-refractivity contribution in [2.75, 3.05) is 19.7 Å². The van der Waals surface area contributed by atoms with Gasteiger partial charge in [0.2, 0.25) is 0 Å². The van der Waals surface area contributed by atoms with Crippen LogP contribution in [0.2, 0.25) is 0 Å². The lowest BCUT2D eigenvalue weighted by Crippen LogP contribution is -2.49. The highest BCUT2D eigenvalue weighted by Crippen LogP contribution is 2.07. The van der Waals surface area contributed by atoms with Crippen LogP contribution >= 0.6 is 0 Å². The molecule has 0 aromatic heterocycles. The number of nitrogens with zero attached hydrogens (tertiary/aromatic N) is 1. The van der Waals surface area contributed by atoms with Gasteiger partial charge in [0.25, 0.3) is 0 Å². The molecule has 0 fully saturated rings. The summed E-state index contributed by atoms with van der Waals surface area (Å²) in [6.45, 7) is 9.31. The highest BCUT2D eigenvalue weighted by atomic mass is 16.4. The maximum atomic E-state index is 12.2. The molecule has 1 unspecified atom stereocenters. The molecule has 0 saturated heterocycles. The quantitative estimate of drug-likeness (QED) is 0.575. The molecule has 21 heavy (non-hydrogen) atoms. The summed E-state index contributed by atoms with van der Waals surface area (Å²) < 4.78 is 0. The summed E-state index contributed by atoms with van der Waals surface area (Å²) in [6.07, 6.45) is 1.77. The number of nitrogens with one attached hydrogen (secondary N) is 1. The number of rotatable bonds is 10. The van der Waals surface area contributed by atoms with Crippen LogP contribution in [0.4, 0.5) is 4.79 Å². The molecule has 6 heteroatoms. The first kappa shape index (κ1) is 19.7. The topological polar surface area (TPSA) is 89.9 Å². The van der Waals surface area contributed by atoms with E-state index in [9.17, 15) is 9.59 Å². The molecule has 6 nitrogen and oxygen atoms in total. The van der Waals surface area contributed by atoms with Crippen LogP contribution in [0, 0.1) is 11.8 Å². The molecular formula is C15H30N2O4. The highest BCUT2D eigenvalue weighted by molar-refractivity contribution is 5.82. The Labute approximate surface area is 127 Å². The Hall–Kier alpha value is -1.30. The number of urea groups is 1. The molecule has 2 amide bonds. The van der Waals surface area contributed by atoms with E-state index in [0.717, 1.165) is 12.8 Å². The van der Waals surface area contributed by atoms with Gasteiger partial charge in [-0.25, -0.2) is 9.59 Å². The summed E-state index contributed by atoms with van der Waals surface area (Å²) in [5, 5.41) is 20.4. The average molecular weight is 302 g/mol. The summed E-state index contributed by atoms with van der Waals surface area (Å²) in [6, 6.07) is -1.40. The van der Waals surface area contributed by atoms with E-state index in [1.165, 1.54) is 0 Å². The van der Waals surface area contributed by atoms with Crippen molar-refractivity contribution in [2.24, 2.45) is 11.8 Å². The van der Waals surface area contributed by atoms with Gasteiger partial charge in [-0.2, -0.15) is 0 Å². The van der Waals surface area contributed by atoms with Gasteiger partial charge in [-0.1, -0.05) is 27.7 Å². The zero-order chi connectivity index (χ0) is 16.4. The van der Waals surface area contributed by atoms with Gasteiger partial charge < -0.3 is 20.4 Å². The van der Waals surface area contributed by atoms with E-state index >= 15 is 0 Å². The van der Waals surface area contributed by atoms with Crippen molar-refractivity contribution in [1.29, 1.82) is 0 Å². The lowest BCUT2D eigenvalue weighted by Gasteiger charge is -2.26. The number of carboxylic acids is 1. The van der Waals surface area contributed by atoms with Gasteiger partial charge in [0.05, 0.1) is 0 Å². The summed E-state index contributed by atoms with van der Waals surface area (Å²) in [4.78, 5) is 24.9. The predicted octanol–water partition coefficient (Wildman–Crippen LogP) is 1.93. The first-order valence-corrected chi connectivity index (χ1v) is 7.67. The molecule has 0 aliphatic rings. The second-order valence-corrected chi connectivity index (χ2v) is 6.20. The largest absolute Gasteiger partial charge is 0.480 e. The summed E-state index contributed by atoms with van der Waals surface area (Å²) in [5.41, 5.74) is 0. The van der Waals surface area contributed by atoms with Crippen molar-refractivity contribution in [2.45, 2.75) is 53.0 Å². The SMILES string of the molecule is CC(C)CCN(CCC(C)C)C(=O)NC(CCO)C(=O)O. The van der Waals surface area contributed by atoms with Crippen molar-refractivity contribution in [1.82, 2.24) is 10.2 Å². The number of carbonyl (C=O) groups is 2. The van der Waals surface area contributed by atoms with E-state index in [1.807, 2.05) is 0 Å². The van der Waals surface area contributed by atoms with Crippen molar-refractivity contribution < 1.29 is 19.8 Å². The Morgan fingerprint density at radius 2 is 1.48 bits per heavy atom. The molecule has 0 rings (SSSR count). The minimum atomic E-state index is -1.12. The Morgan fingerprint density at radius 1 is 1.00 bits per heavy atom. The Kier molecular flexibility index (Phi) is 9.78. The van der Waals surface area contributed by atoms with E-state index in [-0.39, 0.29) is 19.1 Å². The van der Waals surface area contributed by atoms with Crippen molar-refractivity contribution in [3.8, 4) is 0 Å². The third-order valence-corrected chi connectivity index (χ3v) is 3.25. The molecule has 0 aliphatic carbocycles.